The van der Waals surface area contributed by atoms with E-state index in [4.69, 9.17) is 0 Å². The number of hydrogen-bond donors (Lipinski definition) is 0. The van der Waals surface area contributed by atoms with Gasteiger partial charge in [0.2, 0.25) is 5.91 Å². The average Bonchev–Trinajstić information content (AvgIpc) is 3.35. The van der Waals surface area contributed by atoms with Gasteiger partial charge in [-0.1, -0.05) is 6.07 Å². The van der Waals surface area contributed by atoms with E-state index < -0.39 is 0 Å². The van der Waals surface area contributed by atoms with E-state index in [1.54, 1.807) is 11.3 Å². The first-order valence-electron chi connectivity index (χ1n) is 9.31. The SMILES string of the molecule is O=C(Cc1cccs1)N1Cc2ccnn2CC(CCN2CCCC2)C1. The molecule has 1 saturated heterocycles. The molecule has 2 aromatic rings. The van der Waals surface area contributed by atoms with Crippen molar-refractivity contribution < 1.29 is 4.79 Å². The Hall–Kier alpha value is -1.66. The van der Waals surface area contributed by atoms with E-state index in [1.807, 2.05) is 23.7 Å². The molecule has 2 aromatic heterocycles. The van der Waals surface area contributed by atoms with Crippen molar-refractivity contribution in [1.82, 2.24) is 19.6 Å². The highest BCUT2D eigenvalue weighted by Crippen LogP contribution is 2.21. The van der Waals surface area contributed by atoms with E-state index in [1.165, 1.54) is 25.9 Å². The van der Waals surface area contributed by atoms with Crippen LogP contribution in [0.2, 0.25) is 0 Å². The van der Waals surface area contributed by atoms with Crippen molar-refractivity contribution in [1.29, 1.82) is 0 Å². The summed E-state index contributed by atoms with van der Waals surface area (Å²) in [6.45, 7) is 6.08. The van der Waals surface area contributed by atoms with Crippen LogP contribution < -0.4 is 0 Å². The van der Waals surface area contributed by atoms with Gasteiger partial charge in [0.1, 0.15) is 0 Å². The van der Waals surface area contributed by atoms with Crippen LogP contribution in [0.1, 0.15) is 29.8 Å². The zero-order valence-electron chi connectivity index (χ0n) is 14.6. The van der Waals surface area contributed by atoms with Gasteiger partial charge in [-0.2, -0.15) is 5.10 Å². The zero-order valence-corrected chi connectivity index (χ0v) is 15.5. The summed E-state index contributed by atoms with van der Waals surface area (Å²) < 4.78 is 2.10. The highest BCUT2D eigenvalue weighted by Gasteiger charge is 2.26. The number of likely N-dealkylation sites (tertiary alicyclic amines) is 1. The maximum Gasteiger partial charge on any atom is 0.228 e. The minimum absolute atomic E-state index is 0.239. The van der Waals surface area contributed by atoms with Crippen molar-refractivity contribution in [3.05, 3.63) is 40.3 Å². The van der Waals surface area contributed by atoms with E-state index >= 15 is 0 Å². The van der Waals surface area contributed by atoms with Crippen molar-refractivity contribution >= 4 is 17.2 Å². The Kier molecular flexibility index (Phi) is 5.17. The molecule has 0 spiro atoms. The summed E-state index contributed by atoms with van der Waals surface area (Å²) in [5, 5.41) is 6.52. The molecule has 0 N–H and O–H groups in total. The smallest absolute Gasteiger partial charge is 0.228 e. The Balaban J connectivity index is 1.43. The molecular weight excluding hydrogens is 332 g/mol. The summed E-state index contributed by atoms with van der Waals surface area (Å²) in [6.07, 6.45) is 6.19. The van der Waals surface area contributed by atoms with Crippen molar-refractivity contribution in [3.63, 3.8) is 0 Å². The molecule has 134 valence electrons. The van der Waals surface area contributed by atoms with E-state index in [0.717, 1.165) is 36.6 Å². The predicted octanol–water partition coefficient (Wildman–Crippen LogP) is 2.63. The zero-order chi connectivity index (χ0) is 17.1. The highest BCUT2D eigenvalue weighted by atomic mass is 32.1. The van der Waals surface area contributed by atoms with Gasteiger partial charge in [-0.15, -0.1) is 11.3 Å². The van der Waals surface area contributed by atoms with Gasteiger partial charge in [0.05, 0.1) is 18.7 Å². The molecule has 6 heteroatoms. The van der Waals surface area contributed by atoms with Gasteiger partial charge in [-0.25, -0.2) is 0 Å². The van der Waals surface area contributed by atoms with Gasteiger partial charge < -0.3 is 9.80 Å². The average molecular weight is 359 g/mol. The second kappa shape index (κ2) is 7.70. The third-order valence-corrected chi connectivity index (χ3v) is 6.25. The summed E-state index contributed by atoms with van der Waals surface area (Å²) in [7, 11) is 0. The lowest BCUT2D eigenvalue weighted by molar-refractivity contribution is -0.131. The summed E-state index contributed by atoms with van der Waals surface area (Å²) in [4.78, 5) is 18.6. The molecule has 0 saturated carbocycles. The third kappa shape index (κ3) is 4.12. The van der Waals surface area contributed by atoms with Gasteiger partial charge in [-0.3, -0.25) is 9.48 Å². The summed E-state index contributed by atoms with van der Waals surface area (Å²) in [5.41, 5.74) is 1.16. The quantitative estimate of drug-likeness (QED) is 0.825. The minimum atomic E-state index is 0.239. The Labute approximate surface area is 153 Å². The summed E-state index contributed by atoms with van der Waals surface area (Å²) in [6, 6.07) is 6.12. The number of carbonyl (C=O) groups is 1. The standard InChI is InChI=1S/C19H26N4OS/c24-19(12-18-4-3-11-25-18)22-13-16(6-10-21-8-1-2-9-21)14-23-17(15-22)5-7-20-23/h3-5,7,11,16H,1-2,6,8-10,12-15H2. The molecule has 5 nitrogen and oxygen atoms in total. The molecule has 0 bridgehead atoms. The fourth-order valence-corrected chi connectivity index (χ4v) is 4.65. The van der Waals surface area contributed by atoms with Crippen LogP contribution >= 0.6 is 11.3 Å². The van der Waals surface area contributed by atoms with Crippen molar-refractivity contribution in [2.75, 3.05) is 26.2 Å². The van der Waals surface area contributed by atoms with Crippen LogP contribution in [0.15, 0.2) is 29.8 Å². The Bertz CT molecular complexity index is 690. The second-order valence-corrected chi connectivity index (χ2v) is 8.27. The normalized spacial score (nSPS) is 21.3. The van der Waals surface area contributed by atoms with Crippen LogP contribution in [0.4, 0.5) is 0 Å². The second-order valence-electron chi connectivity index (χ2n) is 7.24. The van der Waals surface area contributed by atoms with E-state index in [-0.39, 0.29) is 5.91 Å². The number of amides is 1. The van der Waals surface area contributed by atoms with Gasteiger partial charge in [0, 0.05) is 24.2 Å². The maximum absolute atomic E-state index is 12.8. The lowest BCUT2D eigenvalue weighted by Crippen LogP contribution is -2.36. The van der Waals surface area contributed by atoms with Crippen LogP contribution in [-0.4, -0.2) is 51.7 Å². The Morgan fingerprint density at radius 1 is 1.24 bits per heavy atom. The van der Waals surface area contributed by atoms with Crippen LogP contribution in [0.3, 0.4) is 0 Å². The molecule has 1 atom stereocenters. The first kappa shape index (κ1) is 16.8. The predicted molar refractivity (Wildman–Crippen MR) is 99.4 cm³/mol. The van der Waals surface area contributed by atoms with Crippen molar-refractivity contribution in [2.45, 2.75) is 38.8 Å². The van der Waals surface area contributed by atoms with Gasteiger partial charge in [0.15, 0.2) is 0 Å². The van der Waals surface area contributed by atoms with Crippen LogP contribution in [0.5, 0.6) is 0 Å². The number of aromatic nitrogens is 2. The largest absolute Gasteiger partial charge is 0.336 e. The van der Waals surface area contributed by atoms with Crippen LogP contribution in [0.25, 0.3) is 0 Å². The van der Waals surface area contributed by atoms with Gasteiger partial charge in [0.25, 0.3) is 0 Å². The van der Waals surface area contributed by atoms with Gasteiger partial charge >= 0.3 is 0 Å². The molecule has 0 aromatic carbocycles. The molecule has 0 radical (unpaired) electrons. The molecule has 2 aliphatic heterocycles. The van der Waals surface area contributed by atoms with Crippen LogP contribution in [0, 0.1) is 5.92 Å². The number of fused-ring (bicyclic) bond motifs is 1. The lowest BCUT2D eigenvalue weighted by Gasteiger charge is -2.25. The van der Waals surface area contributed by atoms with Crippen LogP contribution in [-0.2, 0) is 24.3 Å². The third-order valence-electron chi connectivity index (χ3n) is 5.38. The first-order chi connectivity index (χ1) is 12.3. The Morgan fingerprint density at radius 3 is 2.92 bits per heavy atom. The van der Waals surface area contributed by atoms with Gasteiger partial charge in [-0.05, 0) is 62.3 Å². The molecule has 1 amide bonds. The van der Waals surface area contributed by atoms with E-state index in [9.17, 15) is 4.79 Å². The molecular formula is C19H26N4OS. The number of hydrogen-bond acceptors (Lipinski definition) is 4. The molecule has 1 fully saturated rings. The van der Waals surface area contributed by atoms with E-state index in [0.29, 0.717) is 18.9 Å². The minimum Gasteiger partial charge on any atom is -0.336 e. The lowest BCUT2D eigenvalue weighted by atomic mass is 10.0. The first-order valence-corrected chi connectivity index (χ1v) is 10.2. The molecule has 2 aliphatic rings. The monoisotopic (exact) mass is 358 g/mol. The molecule has 25 heavy (non-hydrogen) atoms. The van der Waals surface area contributed by atoms with Crippen molar-refractivity contribution in [3.8, 4) is 0 Å². The fourth-order valence-electron chi connectivity index (χ4n) is 3.95. The Morgan fingerprint density at radius 2 is 2.12 bits per heavy atom. The molecule has 1 unspecified atom stereocenters. The number of nitrogens with zero attached hydrogens (tertiary/aromatic N) is 4. The van der Waals surface area contributed by atoms with E-state index in [2.05, 4.69) is 25.6 Å². The number of thiophene rings is 1. The maximum atomic E-state index is 12.8. The molecule has 4 rings (SSSR count). The fraction of sp³-hybridized carbons (Fsp3) is 0.579. The summed E-state index contributed by atoms with van der Waals surface area (Å²) >= 11 is 1.66. The van der Waals surface area contributed by atoms with Crippen molar-refractivity contribution in [2.24, 2.45) is 5.92 Å². The number of carbonyl (C=O) groups excluding carboxylic acids is 1. The molecule has 4 heterocycles. The summed E-state index contributed by atoms with van der Waals surface area (Å²) in [5.74, 6) is 0.720. The number of rotatable bonds is 5. The molecule has 0 aliphatic carbocycles. The highest BCUT2D eigenvalue weighted by molar-refractivity contribution is 7.10. The topological polar surface area (TPSA) is 41.4 Å².